The molecule has 0 fully saturated rings. The molecule has 2 aromatic heterocycles. The van der Waals surface area contributed by atoms with E-state index in [4.69, 9.17) is 10.8 Å². The lowest BCUT2D eigenvalue weighted by molar-refractivity contribution is 0.0696. The van der Waals surface area contributed by atoms with E-state index in [1.165, 1.54) is 12.3 Å². The minimum Gasteiger partial charge on any atom is -0.478 e. The highest BCUT2D eigenvalue weighted by atomic mass is 16.4. The van der Waals surface area contributed by atoms with Crippen molar-refractivity contribution in [3.8, 4) is 0 Å². The third-order valence-electron chi connectivity index (χ3n) is 2.47. The zero-order chi connectivity index (χ0) is 11.2. The van der Waals surface area contributed by atoms with Crippen LogP contribution in [0.2, 0.25) is 0 Å². The average molecular weight is 205 g/mol. The first-order valence-electron chi connectivity index (χ1n) is 4.49. The highest BCUT2D eigenvalue weighted by Gasteiger charge is 2.11. The number of hydrogen-bond donors (Lipinski definition) is 2. The monoisotopic (exact) mass is 205 g/mol. The van der Waals surface area contributed by atoms with Crippen molar-refractivity contribution in [3.63, 3.8) is 0 Å². The normalized spacial score (nSPS) is 10.8. The number of aromatic carboxylic acids is 1. The van der Waals surface area contributed by atoms with Gasteiger partial charge in [-0.05, 0) is 19.9 Å². The Kier molecular flexibility index (Phi) is 1.89. The molecule has 2 aromatic rings. The Bertz CT molecular complexity index is 557. The highest BCUT2D eigenvalue weighted by Crippen LogP contribution is 2.18. The van der Waals surface area contributed by atoms with Gasteiger partial charge in [-0.15, -0.1) is 0 Å². The molecule has 0 radical (unpaired) electrons. The van der Waals surface area contributed by atoms with Crippen LogP contribution in [0, 0.1) is 13.8 Å². The van der Waals surface area contributed by atoms with Gasteiger partial charge < -0.3 is 15.2 Å². The van der Waals surface area contributed by atoms with E-state index in [0.717, 1.165) is 11.4 Å². The zero-order valence-electron chi connectivity index (χ0n) is 8.48. The van der Waals surface area contributed by atoms with Gasteiger partial charge in [0.05, 0.1) is 16.9 Å². The number of aromatic nitrogens is 2. The smallest absolute Gasteiger partial charge is 0.337 e. The van der Waals surface area contributed by atoms with Crippen LogP contribution < -0.4 is 5.73 Å². The summed E-state index contributed by atoms with van der Waals surface area (Å²) in [6, 6.07) is 1.42. The van der Waals surface area contributed by atoms with Crippen molar-refractivity contribution in [2.24, 2.45) is 0 Å². The highest BCUT2D eigenvalue weighted by molar-refractivity contribution is 5.90. The number of nitrogens with two attached hydrogens (primary N) is 1. The molecule has 0 aromatic carbocycles. The van der Waals surface area contributed by atoms with E-state index < -0.39 is 5.97 Å². The molecule has 0 atom stereocenters. The number of nitrogen functional groups attached to an aromatic ring is 1. The lowest BCUT2D eigenvalue weighted by Gasteiger charge is -2.02. The van der Waals surface area contributed by atoms with Crippen LogP contribution in [-0.2, 0) is 0 Å². The predicted octanol–water partition coefficient (Wildman–Crippen LogP) is 1.23. The van der Waals surface area contributed by atoms with Gasteiger partial charge in [0.25, 0.3) is 0 Å². The maximum atomic E-state index is 10.8. The number of aryl methyl sites for hydroxylation is 2. The summed E-state index contributed by atoms with van der Waals surface area (Å²) in [7, 11) is 0. The van der Waals surface area contributed by atoms with Crippen LogP contribution in [-0.4, -0.2) is 20.5 Å². The number of fused-ring (bicyclic) bond motifs is 1. The number of imidazole rings is 1. The summed E-state index contributed by atoms with van der Waals surface area (Å²) >= 11 is 0. The lowest BCUT2D eigenvalue weighted by atomic mass is 10.2. The van der Waals surface area contributed by atoms with Crippen LogP contribution >= 0.6 is 0 Å². The Morgan fingerprint density at radius 3 is 2.80 bits per heavy atom. The maximum absolute atomic E-state index is 10.8. The first-order valence-corrected chi connectivity index (χ1v) is 4.49. The van der Waals surface area contributed by atoms with E-state index in [-0.39, 0.29) is 5.56 Å². The summed E-state index contributed by atoms with van der Waals surface area (Å²) in [6.45, 7) is 3.74. The molecular weight excluding hydrogens is 194 g/mol. The molecule has 15 heavy (non-hydrogen) atoms. The van der Waals surface area contributed by atoms with Gasteiger partial charge in [-0.3, -0.25) is 0 Å². The van der Waals surface area contributed by atoms with Crippen molar-refractivity contribution < 1.29 is 9.90 Å². The van der Waals surface area contributed by atoms with Gasteiger partial charge in [0, 0.05) is 11.9 Å². The molecule has 0 aliphatic carbocycles. The molecule has 0 saturated heterocycles. The van der Waals surface area contributed by atoms with Crippen LogP contribution in [0.15, 0.2) is 12.3 Å². The van der Waals surface area contributed by atoms with Gasteiger partial charge in [0.1, 0.15) is 0 Å². The van der Waals surface area contributed by atoms with Crippen LogP contribution in [0.25, 0.3) is 5.65 Å². The Labute approximate surface area is 86.2 Å². The van der Waals surface area contributed by atoms with Crippen LogP contribution in [0.1, 0.15) is 21.7 Å². The summed E-state index contributed by atoms with van der Waals surface area (Å²) in [4.78, 5) is 15.1. The van der Waals surface area contributed by atoms with Crippen molar-refractivity contribution in [2.45, 2.75) is 13.8 Å². The summed E-state index contributed by atoms with van der Waals surface area (Å²) in [5.74, 6) is -0.991. The van der Waals surface area contributed by atoms with Crippen LogP contribution in [0.5, 0.6) is 0 Å². The van der Waals surface area contributed by atoms with Crippen LogP contribution in [0.4, 0.5) is 5.69 Å². The number of carbonyl (C=O) groups is 1. The van der Waals surface area contributed by atoms with E-state index in [1.807, 2.05) is 13.8 Å². The number of carboxylic acids is 1. The Morgan fingerprint density at radius 2 is 2.20 bits per heavy atom. The first kappa shape index (κ1) is 9.51. The third kappa shape index (κ3) is 1.32. The number of nitrogens with zero attached hydrogens (tertiary/aromatic N) is 2. The first-order chi connectivity index (χ1) is 7.00. The van der Waals surface area contributed by atoms with E-state index in [0.29, 0.717) is 11.3 Å². The number of pyridine rings is 1. The molecule has 3 N–H and O–H groups in total. The molecular formula is C10H11N3O2. The largest absolute Gasteiger partial charge is 0.478 e. The molecule has 0 aliphatic heterocycles. The third-order valence-corrected chi connectivity index (χ3v) is 2.47. The van der Waals surface area contributed by atoms with Gasteiger partial charge in [0.15, 0.2) is 5.65 Å². The van der Waals surface area contributed by atoms with Gasteiger partial charge in [-0.1, -0.05) is 0 Å². The molecule has 2 heterocycles. The topological polar surface area (TPSA) is 80.6 Å². The molecule has 0 saturated carbocycles. The molecule has 78 valence electrons. The second kappa shape index (κ2) is 2.98. The quantitative estimate of drug-likeness (QED) is 0.733. The summed E-state index contributed by atoms with van der Waals surface area (Å²) in [5.41, 5.74) is 8.64. The number of carboxylic acid groups (broad SMARTS) is 1. The molecule has 5 nitrogen and oxygen atoms in total. The second-order valence-electron chi connectivity index (χ2n) is 3.47. The van der Waals surface area contributed by atoms with E-state index in [1.54, 1.807) is 4.40 Å². The van der Waals surface area contributed by atoms with Gasteiger partial charge in [0.2, 0.25) is 0 Å². The van der Waals surface area contributed by atoms with Gasteiger partial charge in [-0.2, -0.15) is 0 Å². The van der Waals surface area contributed by atoms with Gasteiger partial charge >= 0.3 is 5.97 Å². The Morgan fingerprint density at radius 1 is 1.53 bits per heavy atom. The minimum atomic E-state index is -0.991. The molecule has 0 spiro atoms. The average Bonchev–Trinajstić information content (AvgIpc) is 2.45. The van der Waals surface area contributed by atoms with Crippen molar-refractivity contribution in [2.75, 3.05) is 5.73 Å². The summed E-state index contributed by atoms with van der Waals surface area (Å²) in [5, 5.41) is 8.88. The van der Waals surface area contributed by atoms with Gasteiger partial charge in [-0.25, -0.2) is 9.78 Å². The fourth-order valence-corrected chi connectivity index (χ4v) is 1.51. The van der Waals surface area contributed by atoms with E-state index in [9.17, 15) is 4.79 Å². The fourth-order valence-electron chi connectivity index (χ4n) is 1.51. The zero-order valence-corrected chi connectivity index (χ0v) is 8.48. The van der Waals surface area contributed by atoms with Crippen molar-refractivity contribution in [1.29, 1.82) is 0 Å². The molecule has 0 unspecified atom stereocenters. The van der Waals surface area contributed by atoms with E-state index >= 15 is 0 Å². The molecule has 5 heteroatoms. The summed E-state index contributed by atoms with van der Waals surface area (Å²) < 4.78 is 1.70. The summed E-state index contributed by atoms with van der Waals surface area (Å²) in [6.07, 6.45) is 1.53. The number of rotatable bonds is 1. The Balaban J connectivity index is 2.85. The minimum absolute atomic E-state index is 0.167. The fraction of sp³-hybridized carbons (Fsp3) is 0.200. The predicted molar refractivity (Wildman–Crippen MR) is 56.0 cm³/mol. The molecule has 0 amide bonds. The lowest BCUT2D eigenvalue weighted by Crippen LogP contribution is -2.02. The second-order valence-corrected chi connectivity index (χ2v) is 3.47. The maximum Gasteiger partial charge on any atom is 0.337 e. The molecule has 2 rings (SSSR count). The van der Waals surface area contributed by atoms with Crippen molar-refractivity contribution >= 4 is 17.3 Å². The van der Waals surface area contributed by atoms with Crippen molar-refractivity contribution in [3.05, 3.63) is 29.2 Å². The van der Waals surface area contributed by atoms with E-state index in [2.05, 4.69) is 4.98 Å². The van der Waals surface area contributed by atoms with Crippen molar-refractivity contribution in [1.82, 2.24) is 9.38 Å². The number of anilines is 1. The SMILES string of the molecule is Cc1nc2c(N)cc(C(=O)O)cn2c1C. The molecule has 0 aliphatic rings. The van der Waals surface area contributed by atoms with Crippen LogP contribution in [0.3, 0.4) is 0 Å². The standard InChI is InChI=1S/C10H11N3O2/c1-5-6(2)13-4-7(10(14)15)3-8(11)9(13)12-5/h3-4H,11H2,1-2H3,(H,14,15). The number of hydrogen-bond acceptors (Lipinski definition) is 3. The molecule has 0 bridgehead atoms. The Hall–Kier alpha value is -2.04.